The zero-order valence-corrected chi connectivity index (χ0v) is 17.2. The number of benzene rings is 2. The second-order valence-corrected chi connectivity index (χ2v) is 6.95. The average Bonchev–Trinajstić information content (AvgIpc) is 3.21. The number of hydrogen-bond donors (Lipinski definition) is 1. The molecule has 0 bridgehead atoms. The molecule has 1 amide bonds. The molecule has 170 valence electrons. The summed E-state index contributed by atoms with van der Waals surface area (Å²) < 4.78 is 58.0. The lowest BCUT2D eigenvalue weighted by Gasteiger charge is -2.13. The van der Waals surface area contributed by atoms with Gasteiger partial charge in [-0.3, -0.25) is 9.48 Å². The van der Waals surface area contributed by atoms with Gasteiger partial charge in [0.2, 0.25) is 0 Å². The van der Waals surface area contributed by atoms with E-state index in [4.69, 9.17) is 4.74 Å². The van der Waals surface area contributed by atoms with Gasteiger partial charge < -0.3 is 10.1 Å². The Bertz CT molecular complexity index is 1290. The van der Waals surface area contributed by atoms with Crippen LogP contribution in [0.1, 0.15) is 0 Å². The number of carbonyl (C=O) groups excluding carboxylic acids is 1. The Labute approximate surface area is 185 Å². The first kappa shape index (κ1) is 22.2. The Morgan fingerprint density at radius 1 is 1.09 bits per heavy atom. The summed E-state index contributed by atoms with van der Waals surface area (Å²) in [6, 6.07) is 11.8. The Hall–Kier alpha value is -4.02. The molecule has 0 radical (unpaired) electrons. The smallest absolute Gasteiger partial charge is 0.315 e. The summed E-state index contributed by atoms with van der Waals surface area (Å²) in [6.45, 7) is -0.619. The van der Waals surface area contributed by atoms with Crippen LogP contribution in [0.15, 0.2) is 55.0 Å². The van der Waals surface area contributed by atoms with Crippen molar-refractivity contribution in [2.45, 2.75) is 19.4 Å². The summed E-state index contributed by atoms with van der Waals surface area (Å²) in [7, 11) is 1.32. The first-order valence-corrected chi connectivity index (χ1v) is 9.70. The molecule has 0 aliphatic carbocycles. The van der Waals surface area contributed by atoms with Crippen molar-refractivity contribution >= 4 is 22.5 Å². The molecule has 0 aliphatic rings. The largest absolute Gasteiger partial charge is 0.494 e. The van der Waals surface area contributed by atoms with Crippen LogP contribution < -0.4 is 10.1 Å². The second kappa shape index (κ2) is 9.23. The molecule has 0 fully saturated rings. The second-order valence-electron chi connectivity index (χ2n) is 6.95. The zero-order chi connectivity index (χ0) is 23.5. The first-order chi connectivity index (χ1) is 15.9. The first-order valence-electron chi connectivity index (χ1n) is 9.70. The number of ether oxygens (including phenoxy) is 1. The fourth-order valence-corrected chi connectivity index (χ4v) is 3.39. The molecular weight excluding hydrogens is 442 g/mol. The summed E-state index contributed by atoms with van der Waals surface area (Å²) in [5, 5.41) is 6.82. The topological polar surface area (TPSA) is 81.9 Å². The van der Waals surface area contributed by atoms with E-state index in [1.54, 1.807) is 24.3 Å². The number of amides is 1. The van der Waals surface area contributed by atoms with Gasteiger partial charge in [0.15, 0.2) is 0 Å². The van der Waals surface area contributed by atoms with Crippen LogP contribution >= 0.6 is 0 Å². The van der Waals surface area contributed by atoms with E-state index < -0.39 is 25.3 Å². The predicted octanol–water partition coefficient (Wildman–Crippen LogP) is 4.64. The molecule has 7 nitrogen and oxygen atoms in total. The number of halogens is 4. The van der Waals surface area contributed by atoms with E-state index in [1.807, 2.05) is 6.07 Å². The van der Waals surface area contributed by atoms with Crippen LogP contribution in [0.5, 0.6) is 5.75 Å². The summed E-state index contributed by atoms with van der Waals surface area (Å²) in [5.74, 6) is -1.38. The highest BCUT2D eigenvalue weighted by Gasteiger charge is 2.21. The van der Waals surface area contributed by atoms with Gasteiger partial charge in [0.25, 0.3) is 12.3 Å². The van der Waals surface area contributed by atoms with Crippen LogP contribution in [0.2, 0.25) is 0 Å². The van der Waals surface area contributed by atoms with Gasteiger partial charge >= 0.3 is 6.43 Å². The van der Waals surface area contributed by atoms with Crippen LogP contribution in [-0.4, -0.2) is 45.6 Å². The van der Waals surface area contributed by atoms with Crippen LogP contribution in [-0.2, 0) is 11.3 Å². The molecule has 0 atom stereocenters. The maximum atomic E-state index is 13.0. The van der Waals surface area contributed by atoms with Gasteiger partial charge in [-0.2, -0.15) is 13.9 Å². The molecule has 0 unspecified atom stereocenters. The van der Waals surface area contributed by atoms with Gasteiger partial charge in [-0.05, 0) is 6.07 Å². The number of anilines is 1. The molecule has 4 rings (SSSR count). The number of nitrogens with zero attached hydrogens (tertiary/aromatic N) is 4. The minimum Gasteiger partial charge on any atom is -0.494 e. The van der Waals surface area contributed by atoms with Crippen LogP contribution in [0, 0.1) is 0 Å². The third-order valence-electron chi connectivity index (χ3n) is 4.80. The van der Waals surface area contributed by atoms with Crippen molar-refractivity contribution in [1.29, 1.82) is 0 Å². The maximum Gasteiger partial charge on any atom is 0.315 e. The van der Waals surface area contributed by atoms with E-state index >= 15 is 0 Å². The lowest BCUT2D eigenvalue weighted by molar-refractivity contribution is -0.126. The lowest BCUT2D eigenvalue weighted by Crippen LogP contribution is -2.20. The van der Waals surface area contributed by atoms with Gasteiger partial charge in [-0.1, -0.05) is 30.3 Å². The molecule has 2 aromatic carbocycles. The van der Waals surface area contributed by atoms with Crippen molar-refractivity contribution < 1.29 is 27.1 Å². The van der Waals surface area contributed by atoms with E-state index in [-0.39, 0.29) is 11.4 Å². The molecule has 11 heteroatoms. The van der Waals surface area contributed by atoms with E-state index in [1.165, 1.54) is 31.8 Å². The maximum absolute atomic E-state index is 13.0. The van der Waals surface area contributed by atoms with Gasteiger partial charge in [0, 0.05) is 28.8 Å². The zero-order valence-electron chi connectivity index (χ0n) is 17.2. The minimum atomic E-state index is -3.23. The van der Waals surface area contributed by atoms with Crippen molar-refractivity contribution in [3.05, 3.63) is 55.0 Å². The van der Waals surface area contributed by atoms with Gasteiger partial charge in [-0.15, -0.1) is 0 Å². The standard InChI is InChI=1S/C22H17F4N5O2/c1-33-17-8-15-13(7-16(17)29-22(32)21(25)26)20(28-11-27-15)14-9-31(10-18(23)24)30-19(14)12-5-3-2-4-6-12/h2-9,11,18,21H,10H2,1H3,(H,29,32). The van der Waals surface area contributed by atoms with Crippen LogP contribution in [0.4, 0.5) is 23.2 Å². The number of rotatable bonds is 7. The summed E-state index contributed by atoms with van der Waals surface area (Å²) in [5.41, 5.74) is 2.23. The Morgan fingerprint density at radius 2 is 1.85 bits per heavy atom. The summed E-state index contributed by atoms with van der Waals surface area (Å²) in [4.78, 5) is 20.1. The number of fused-ring (bicyclic) bond motifs is 1. The third kappa shape index (κ3) is 4.61. The molecule has 2 aromatic heterocycles. The highest BCUT2D eigenvalue weighted by Crippen LogP contribution is 2.37. The highest BCUT2D eigenvalue weighted by molar-refractivity contribution is 6.02. The molecular formula is C22H17F4N5O2. The predicted molar refractivity (Wildman–Crippen MR) is 113 cm³/mol. The minimum absolute atomic E-state index is 0.00687. The van der Waals surface area contributed by atoms with E-state index in [2.05, 4.69) is 20.4 Å². The quantitative estimate of drug-likeness (QED) is 0.408. The van der Waals surface area contributed by atoms with Crippen molar-refractivity contribution in [3.63, 3.8) is 0 Å². The lowest BCUT2D eigenvalue weighted by atomic mass is 10.0. The molecule has 2 heterocycles. The number of hydrogen-bond acceptors (Lipinski definition) is 5. The molecule has 4 aromatic rings. The van der Waals surface area contributed by atoms with Crippen LogP contribution in [0.25, 0.3) is 33.4 Å². The number of alkyl halides is 4. The Morgan fingerprint density at radius 3 is 2.52 bits per heavy atom. The van der Waals surface area contributed by atoms with Crippen molar-refractivity contribution in [2.24, 2.45) is 0 Å². The molecule has 0 aliphatic heterocycles. The van der Waals surface area contributed by atoms with Crippen molar-refractivity contribution in [1.82, 2.24) is 19.7 Å². The number of methoxy groups -OCH3 is 1. The monoisotopic (exact) mass is 459 g/mol. The SMILES string of the molecule is COc1cc2ncnc(-c3cn(CC(F)F)nc3-c3ccccc3)c2cc1NC(=O)C(F)F. The van der Waals surface area contributed by atoms with Crippen LogP contribution in [0.3, 0.4) is 0 Å². The van der Waals surface area contributed by atoms with E-state index in [9.17, 15) is 22.4 Å². The van der Waals surface area contributed by atoms with E-state index in [0.29, 0.717) is 33.4 Å². The highest BCUT2D eigenvalue weighted by atomic mass is 19.3. The van der Waals surface area contributed by atoms with Crippen molar-refractivity contribution in [2.75, 3.05) is 12.4 Å². The molecule has 1 N–H and O–H groups in total. The third-order valence-corrected chi connectivity index (χ3v) is 4.80. The molecule has 0 saturated heterocycles. The van der Waals surface area contributed by atoms with Gasteiger partial charge in [0.1, 0.15) is 24.3 Å². The normalized spacial score (nSPS) is 11.4. The Balaban J connectivity index is 1.92. The fraction of sp³-hybridized carbons (Fsp3) is 0.182. The van der Waals surface area contributed by atoms with Gasteiger partial charge in [0.05, 0.1) is 24.0 Å². The molecule has 0 spiro atoms. The van der Waals surface area contributed by atoms with Gasteiger partial charge in [-0.25, -0.2) is 18.7 Å². The number of carbonyl (C=O) groups is 1. The fourth-order valence-electron chi connectivity index (χ4n) is 3.39. The molecule has 33 heavy (non-hydrogen) atoms. The Kier molecular flexibility index (Phi) is 6.20. The number of aromatic nitrogens is 4. The summed E-state index contributed by atoms with van der Waals surface area (Å²) >= 11 is 0. The average molecular weight is 459 g/mol. The molecule has 0 saturated carbocycles. The number of nitrogens with one attached hydrogen (secondary N) is 1. The van der Waals surface area contributed by atoms with E-state index in [0.717, 1.165) is 4.68 Å². The van der Waals surface area contributed by atoms with Crippen molar-refractivity contribution in [3.8, 4) is 28.3 Å². The summed E-state index contributed by atoms with van der Waals surface area (Å²) in [6.07, 6.45) is -3.12.